The molecule has 0 heterocycles. The second kappa shape index (κ2) is 4.06. The molecule has 0 amide bonds. The number of allylic oxidation sites excluding steroid dienone is 2. The summed E-state index contributed by atoms with van der Waals surface area (Å²) in [7, 11) is 0. The van der Waals surface area contributed by atoms with Crippen molar-refractivity contribution in [3.8, 4) is 0 Å². The molecule has 52 valence electrons. The van der Waals surface area contributed by atoms with Crippen molar-refractivity contribution in [3.63, 3.8) is 0 Å². The second-order valence-electron chi connectivity index (χ2n) is 1.98. The summed E-state index contributed by atoms with van der Waals surface area (Å²) >= 11 is 0. The molecule has 0 aliphatic carbocycles. The average molecular weight is 127 g/mol. The summed E-state index contributed by atoms with van der Waals surface area (Å²) in [5, 5.41) is 3.05. The highest BCUT2D eigenvalue weighted by molar-refractivity contribution is 5.05. The first-order valence-corrected chi connectivity index (χ1v) is 3.01. The van der Waals surface area contributed by atoms with Gasteiger partial charge in [0.2, 0.25) is 0 Å². The number of hydrogen-bond acceptors (Lipinski definition) is 2. The van der Waals surface area contributed by atoms with Crippen LogP contribution in [0.1, 0.15) is 27.2 Å². The Balaban J connectivity index is 3.92. The van der Waals surface area contributed by atoms with Gasteiger partial charge >= 0.3 is 0 Å². The van der Waals surface area contributed by atoms with E-state index in [4.69, 9.17) is 5.53 Å². The van der Waals surface area contributed by atoms with Gasteiger partial charge in [0.05, 0.1) is 0 Å². The monoisotopic (exact) mass is 127 g/mol. The van der Waals surface area contributed by atoms with E-state index in [9.17, 15) is 0 Å². The van der Waals surface area contributed by atoms with E-state index in [0.29, 0.717) is 0 Å². The number of hydrogen-bond donors (Lipinski definition) is 2. The van der Waals surface area contributed by atoms with Crippen LogP contribution < -0.4 is 5.43 Å². The number of rotatable bonds is 3. The molecule has 0 bridgehead atoms. The minimum absolute atomic E-state index is 0.979. The van der Waals surface area contributed by atoms with Crippen LogP contribution in [0.15, 0.2) is 16.5 Å². The largest absolute Gasteiger partial charge is 0.265 e. The van der Waals surface area contributed by atoms with Crippen molar-refractivity contribution in [3.05, 3.63) is 11.3 Å². The van der Waals surface area contributed by atoms with Gasteiger partial charge in [-0.05, 0) is 20.3 Å². The van der Waals surface area contributed by atoms with E-state index >= 15 is 0 Å². The molecule has 0 radical (unpaired) electrons. The van der Waals surface area contributed by atoms with Gasteiger partial charge in [0.1, 0.15) is 0 Å². The molecule has 3 heteroatoms. The van der Waals surface area contributed by atoms with Gasteiger partial charge in [0.15, 0.2) is 0 Å². The van der Waals surface area contributed by atoms with Crippen LogP contribution in [0.5, 0.6) is 0 Å². The van der Waals surface area contributed by atoms with Crippen molar-refractivity contribution in [2.24, 2.45) is 5.22 Å². The number of nitrogens with zero attached hydrogens (tertiary/aromatic N) is 1. The zero-order valence-corrected chi connectivity index (χ0v) is 6.15. The summed E-state index contributed by atoms with van der Waals surface area (Å²) in [6.07, 6.45) is 1.01. The van der Waals surface area contributed by atoms with E-state index in [1.807, 2.05) is 13.8 Å². The minimum Gasteiger partial charge on any atom is -0.265 e. The minimum atomic E-state index is 0.979. The molecule has 0 aromatic heterocycles. The first-order chi connectivity index (χ1) is 4.22. The summed E-state index contributed by atoms with van der Waals surface area (Å²) < 4.78 is 0. The Morgan fingerprint density at radius 2 is 2.11 bits per heavy atom. The maximum Gasteiger partial charge on any atom is 0.0311 e. The molecule has 0 unspecified atom stereocenters. The Morgan fingerprint density at radius 1 is 1.56 bits per heavy atom. The van der Waals surface area contributed by atoms with Crippen LogP contribution in [0.4, 0.5) is 0 Å². The van der Waals surface area contributed by atoms with Crippen molar-refractivity contribution < 1.29 is 0 Å². The molecule has 0 saturated heterocycles. The summed E-state index contributed by atoms with van der Waals surface area (Å²) in [6.45, 7) is 6.01. The lowest BCUT2D eigenvalue weighted by Crippen LogP contribution is -2.01. The van der Waals surface area contributed by atoms with Gasteiger partial charge in [0.25, 0.3) is 0 Å². The average Bonchev–Trinajstić information content (AvgIpc) is 1.87. The van der Waals surface area contributed by atoms with Gasteiger partial charge < -0.3 is 0 Å². The van der Waals surface area contributed by atoms with Crippen LogP contribution in [0.2, 0.25) is 0 Å². The molecule has 0 aromatic carbocycles. The van der Waals surface area contributed by atoms with Crippen LogP contribution in [-0.4, -0.2) is 0 Å². The van der Waals surface area contributed by atoms with Gasteiger partial charge in [-0.25, -0.2) is 0 Å². The third-order valence-electron chi connectivity index (χ3n) is 1.39. The normalized spacial score (nSPS) is 12.3. The number of nitrogens with one attached hydrogen (secondary N) is 2. The highest BCUT2D eigenvalue weighted by Gasteiger charge is 1.89. The maximum atomic E-state index is 6.48. The Morgan fingerprint density at radius 3 is 2.44 bits per heavy atom. The Labute approximate surface area is 55.6 Å². The van der Waals surface area contributed by atoms with Gasteiger partial charge in [-0.15, -0.1) is 0 Å². The zero-order chi connectivity index (χ0) is 7.28. The summed E-state index contributed by atoms with van der Waals surface area (Å²) in [4.78, 5) is 0. The van der Waals surface area contributed by atoms with E-state index in [0.717, 1.165) is 12.1 Å². The Kier molecular flexibility index (Phi) is 3.67. The van der Waals surface area contributed by atoms with E-state index in [1.165, 1.54) is 5.57 Å². The zero-order valence-electron chi connectivity index (χ0n) is 6.15. The van der Waals surface area contributed by atoms with Crippen molar-refractivity contribution in [2.45, 2.75) is 27.2 Å². The van der Waals surface area contributed by atoms with Crippen LogP contribution >= 0.6 is 0 Å². The fourth-order valence-corrected chi connectivity index (χ4v) is 0.444. The van der Waals surface area contributed by atoms with Crippen LogP contribution in [-0.2, 0) is 0 Å². The SMILES string of the molecule is CC/C(C)=C(\C)NN=N. The van der Waals surface area contributed by atoms with Crippen LogP contribution in [0.25, 0.3) is 0 Å². The van der Waals surface area contributed by atoms with Crippen LogP contribution in [0.3, 0.4) is 0 Å². The predicted octanol–water partition coefficient (Wildman–Crippen LogP) is 2.23. The quantitative estimate of drug-likeness (QED) is 0.443. The molecular formula is C6H13N3. The van der Waals surface area contributed by atoms with E-state index < -0.39 is 0 Å². The van der Waals surface area contributed by atoms with Gasteiger partial charge in [-0.2, -0.15) is 5.53 Å². The predicted molar refractivity (Wildman–Crippen MR) is 36.9 cm³/mol. The standard InChI is InChI=1S/C6H13N3/c1-4-5(2)6(3)8-9-7/h4H2,1-3H3,(H2,7,8)/b6-5+. The lowest BCUT2D eigenvalue weighted by atomic mass is 10.2. The molecule has 0 fully saturated rings. The fourth-order valence-electron chi connectivity index (χ4n) is 0.444. The van der Waals surface area contributed by atoms with Crippen molar-refractivity contribution in [1.82, 2.24) is 5.43 Å². The summed E-state index contributed by atoms with van der Waals surface area (Å²) in [5.74, 6) is 0. The van der Waals surface area contributed by atoms with E-state index in [2.05, 4.69) is 17.6 Å². The lowest BCUT2D eigenvalue weighted by molar-refractivity contribution is 0.761. The van der Waals surface area contributed by atoms with Gasteiger partial charge in [-0.1, -0.05) is 17.7 Å². The molecule has 0 rings (SSSR count). The Hall–Kier alpha value is -0.860. The van der Waals surface area contributed by atoms with E-state index in [1.54, 1.807) is 0 Å². The first-order valence-electron chi connectivity index (χ1n) is 3.01. The summed E-state index contributed by atoms with van der Waals surface area (Å²) in [5.41, 5.74) is 11.3. The Bertz CT molecular complexity index is 126. The van der Waals surface area contributed by atoms with Gasteiger partial charge in [-0.3, -0.25) is 5.43 Å². The fraction of sp³-hybridized carbons (Fsp3) is 0.667. The van der Waals surface area contributed by atoms with Gasteiger partial charge in [0, 0.05) is 5.70 Å². The highest BCUT2D eigenvalue weighted by Crippen LogP contribution is 2.02. The molecule has 3 nitrogen and oxygen atoms in total. The second-order valence-corrected chi connectivity index (χ2v) is 1.98. The molecule has 0 aliphatic rings. The smallest absolute Gasteiger partial charge is 0.0311 e. The molecule has 0 aromatic rings. The first kappa shape index (κ1) is 8.14. The molecule has 0 aliphatic heterocycles. The van der Waals surface area contributed by atoms with Crippen molar-refractivity contribution in [2.75, 3.05) is 0 Å². The lowest BCUT2D eigenvalue weighted by Gasteiger charge is -2.01. The molecule has 0 spiro atoms. The maximum absolute atomic E-state index is 6.48. The topological polar surface area (TPSA) is 48.2 Å². The molecular weight excluding hydrogens is 114 g/mol. The molecule has 9 heavy (non-hydrogen) atoms. The molecule has 0 saturated carbocycles. The van der Waals surface area contributed by atoms with Crippen molar-refractivity contribution in [1.29, 1.82) is 5.53 Å². The highest BCUT2D eigenvalue weighted by atomic mass is 15.4. The molecule has 0 atom stereocenters. The third kappa shape index (κ3) is 2.85. The molecule has 2 N–H and O–H groups in total. The summed E-state index contributed by atoms with van der Waals surface area (Å²) in [6, 6.07) is 0. The third-order valence-corrected chi connectivity index (χ3v) is 1.39. The van der Waals surface area contributed by atoms with Crippen LogP contribution in [0, 0.1) is 5.53 Å². The van der Waals surface area contributed by atoms with E-state index in [-0.39, 0.29) is 0 Å². The van der Waals surface area contributed by atoms with Crippen molar-refractivity contribution >= 4 is 0 Å².